The third-order valence-electron chi connectivity index (χ3n) is 4.13. The summed E-state index contributed by atoms with van der Waals surface area (Å²) in [4.78, 5) is 32.4. The summed E-state index contributed by atoms with van der Waals surface area (Å²) >= 11 is 2.96. The van der Waals surface area contributed by atoms with Crippen molar-refractivity contribution in [1.82, 2.24) is 9.80 Å². The Bertz CT molecular complexity index is 872. The van der Waals surface area contributed by atoms with Crippen molar-refractivity contribution in [3.05, 3.63) is 69.1 Å². The minimum Gasteiger partial charge on any atom is -0.341 e. The lowest BCUT2D eigenvalue weighted by molar-refractivity contribution is -0.121. The summed E-state index contributed by atoms with van der Waals surface area (Å²) in [6, 6.07) is 10.3. The fraction of sp³-hybridized carbons (Fsp3) is 0.250. The van der Waals surface area contributed by atoms with Gasteiger partial charge < -0.3 is 4.90 Å². The Hall–Kier alpha value is -2.25. The molecule has 2 aliphatic heterocycles. The topological polar surface area (TPSA) is 53.0 Å². The smallest absolute Gasteiger partial charge is 0.269 e. The van der Waals surface area contributed by atoms with Crippen LogP contribution in [-0.4, -0.2) is 47.3 Å². The number of likely N-dealkylation sites (N-methyl/N-ethyl adjacent to an activating group) is 2. The van der Waals surface area contributed by atoms with Gasteiger partial charge in [0.2, 0.25) is 0 Å². The van der Waals surface area contributed by atoms with Crippen molar-refractivity contribution in [2.75, 3.05) is 20.6 Å². The van der Waals surface area contributed by atoms with Gasteiger partial charge in [0.25, 0.3) is 5.91 Å². The maximum absolute atomic E-state index is 12.7. The van der Waals surface area contributed by atoms with E-state index in [9.17, 15) is 9.59 Å². The molecular formula is C20H21N3O2S2. The molecule has 0 aliphatic carbocycles. The molecule has 1 amide bonds. The predicted octanol–water partition coefficient (Wildman–Crippen LogP) is 3.62. The Morgan fingerprint density at radius 3 is 2.63 bits per heavy atom. The largest absolute Gasteiger partial charge is 0.341 e. The molecule has 3 rings (SSSR count). The molecule has 0 saturated carbocycles. The van der Waals surface area contributed by atoms with Crippen molar-refractivity contribution in [3.63, 3.8) is 0 Å². The van der Waals surface area contributed by atoms with Crippen LogP contribution >= 0.6 is 23.5 Å². The minimum atomic E-state index is -0.0435. The van der Waals surface area contributed by atoms with Crippen molar-refractivity contribution >= 4 is 40.4 Å². The van der Waals surface area contributed by atoms with Crippen LogP contribution in [-0.2, 0) is 16.0 Å². The lowest BCUT2D eigenvalue weighted by atomic mass is 10.1. The standard InChI is InChI=1S/C20H21N3O2S2/c1-14(24)8-7-11-21-20-23(3)18(25)17(27-20)19-22(2)16(13-26-19)12-15-9-5-4-6-10-15/h4-10,13H,11-12H2,1-3H3/b8-7+,19-17-,21-20?. The van der Waals surface area contributed by atoms with Crippen LogP contribution in [0.5, 0.6) is 0 Å². The minimum absolute atomic E-state index is 0.0116. The second kappa shape index (κ2) is 8.63. The van der Waals surface area contributed by atoms with Crippen LogP contribution in [0, 0.1) is 0 Å². The number of allylic oxidation sites excluding steroid dienone is 2. The summed E-state index contributed by atoms with van der Waals surface area (Å²) in [7, 11) is 3.73. The molecule has 7 heteroatoms. The summed E-state index contributed by atoms with van der Waals surface area (Å²) in [6.45, 7) is 1.88. The zero-order valence-corrected chi connectivity index (χ0v) is 17.1. The van der Waals surface area contributed by atoms with Gasteiger partial charge in [-0.2, -0.15) is 0 Å². The van der Waals surface area contributed by atoms with Gasteiger partial charge in [-0.05, 0) is 35.7 Å². The zero-order chi connectivity index (χ0) is 19.4. The molecule has 1 aromatic carbocycles. The SMILES string of the molecule is CC(=O)/C=C/CN=C1S/C(=C2\SC=C(Cc3ccccc3)N2C)C(=O)N1C. The number of hydrogen-bond donors (Lipinski definition) is 0. The molecular weight excluding hydrogens is 378 g/mol. The van der Waals surface area contributed by atoms with Gasteiger partial charge in [0.15, 0.2) is 11.0 Å². The number of carbonyl (C=O) groups excluding carboxylic acids is 2. The van der Waals surface area contributed by atoms with Gasteiger partial charge in [-0.3, -0.25) is 19.5 Å². The van der Waals surface area contributed by atoms with E-state index in [-0.39, 0.29) is 11.7 Å². The first-order valence-corrected chi connectivity index (χ1v) is 10.2. The van der Waals surface area contributed by atoms with Gasteiger partial charge in [-0.15, -0.1) is 0 Å². The maximum Gasteiger partial charge on any atom is 0.269 e. The molecule has 0 unspecified atom stereocenters. The van der Waals surface area contributed by atoms with Crippen LogP contribution in [0.4, 0.5) is 0 Å². The van der Waals surface area contributed by atoms with Crippen molar-refractivity contribution in [2.45, 2.75) is 13.3 Å². The second-order valence-corrected chi connectivity index (χ2v) is 8.02. The van der Waals surface area contributed by atoms with Crippen LogP contribution in [0.1, 0.15) is 12.5 Å². The summed E-state index contributed by atoms with van der Waals surface area (Å²) in [5.74, 6) is -0.0551. The Kier molecular flexibility index (Phi) is 6.23. The quantitative estimate of drug-likeness (QED) is 0.708. The highest BCUT2D eigenvalue weighted by atomic mass is 32.2. The molecule has 0 aromatic heterocycles. The number of aliphatic imine (C=N–C) groups is 1. The third kappa shape index (κ3) is 4.54. The summed E-state index contributed by atoms with van der Waals surface area (Å²) in [5, 5.41) is 3.70. The van der Waals surface area contributed by atoms with E-state index in [0.717, 1.165) is 11.4 Å². The molecule has 27 heavy (non-hydrogen) atoms. The van der Waals surface area contributed by atoms with Gasteiger partial charge in [0.05, 0.1) is 11.6 Å². The molecule has 0 N–H and O–H groups in total. The van der Waals surface area contributed by atoms with E-state index in [4.69, 9.17) is 0 Å². The van der Waals surface area contributed by atoms with Crippen molar-refractivity contribution in [3.8, 4) is 0 Å². The molecule has 0 radical (unpaired) electrons. The molecule has 140 valence electrons. The number of nitrogens with zero attached hydrogens (tertiary/aromatic N) is 3. The van der Waals surface area contributed by atoms with Gasteiger partial charge in [0.1, 0.15) is 4.91 Å². The van der Waals surface area contributed by atoms with Gasteiger partial charge in [0, 0.05) is 26.2 Å². The number of amides is 1. The van der Waals surface area contributed by atoms with E-state index in [1.165, 1.54) is 36.0 Å². The third-order valence-corrected chi connectivity index (χ3v) is 6.51. The number of benzene rings is 1. The Morgan fingerprint density at radius 1 is 1.19 bits per heavy atom. The molecule has 5 nitrogen and oxygen atoms in total. The van der Waals surface area contributed by atoms with Gasteiger partial charge in [-0.1, -0.05) is 48.2 Å². The van der Waals surface area contributed by atoms with Gasteiger partial charge in [-0.25, -0.2) is 0 Å². The first kappa shape index (κ1) is 19.5. The average Bonchev–Trinajstić information content (AvgIpc) is 3.14. The molecule has 1 saturated heterocycles. The maximum atomic E-state index is 12.7. The van der Waals surface area contributed by atoms with E-state index >= 15 is 0 Å². The number of rotatable bonds is 5. The van der Waals surface area contributed by atoms with Gasteiger partial charge >= 0.3 is 0 Å². The molecule has 2 heterocycles. The number of ketones is 1. The molecule has 0 bridgehead atoms. The van der Waals surface area contributed by atoms with E-state index in [1.54, 1.807) is 29.8 Å². The summed E-state index contributed by atoms with van der Waals surface area (Å²) < 4.78 is 0. The van der Waals surface area contributed by atoms with Crippen LogP contribution in [0.15, 0.2) is 68.5 Å². The average molecular weight is 400 g/mol. The first-order chi connectivity index (χ1) is 13.0. The molecule has 1 fully saturated rings. The van der Waals surface area contributed by atoms with E-state index < -0.39 is 0 Å². The molecule has 2 aliphatic rings. The first-order valence-electron chi connectivity index (χ1n) is 8.52. The second-order valence-electron chi connectivity index (χ2n) is 6.19. The zero-order valence-electron chi connectivity index (χ0n) is 15.5. The Labute approximate surface area is 167 Å². The highest BCUT2D eigenvalue weighted by Gasteiger charge is 2.35. The number of amidine groups is 1. The van der Waals surface area contributed by atoms with E-state index in [0.29, 0.717) is 16.6 Å². The Balaban J connectivity index is 1.73. The highest BCUT2D eigenvalue weighted by Crippen LogP contribution is 2.43. The predicted molar refractivity (Wildman–Crippen MR) is 113 cm³/mol. The Morgan fingerprint density at radius 2 is 1.93 bits per heavy atom. The number of carbonyl (C=O) groups is 2. The van der Waals surface area contributed by atoms with Crippen LogP contribution in [0.3, 0.4) is 0 Å². The van der Waals surface area contributed by atoms with Crippen molar-refractivity contribution in [1.29, 1.82) is 0 Å². The summed E-state index contributed by atoms with van der Waals surface area (Å²) in [6.07, 6.45) is 4.02. The number of thioether (sulfide) groups is 2. The normalized spacial score (nSPS) is 21.7. The fourth-order valence-electron chi connectivity index (χ4n) is 2.65. The van der Waals surface area contributed by atoms with Crippen molar-refractivity contribution < 1.29 is 9.59 Å². The lowest BCUT2D eigenvalue weighted by Crippen LogP contribution is -2.25. The molecule has 1 aromatic rings. The van der Waals surface area contributed by atoms with Crippen LogP contribution in [0.2, 0.25) is 0 Å². The van der Waals surface area contributed by atoms with Crippen LogP contribution < -0.4 is 0 Å². The van der Waals surface area contributed by atoms with Crippen LogP contribution in [0.25, 0.3) is 0 Å². The number of hydrogen-bond acceptors (Lipinski definition) is 6. The molecule has 0 atom stereocenters. The van der Waals surface area contributed by atoms with Crippen molar-refractivity contribution in [2.24, 2.45) is 4.99 Å². The molecule has 0 spiro atoms. The highest BCUT2D eigenvalue weighted by molar-refractivity contribution is 8.19. The lowest BCUT2D eigenvalue weighted by Gasteiger charge is -2.18. The fourth-order valence-corrected chi connectivity index (χ4v) is 4.87. The summed E-state index contributed by atoms with van der Waals surface area (Å²) in [5.41, 5.74) is 2.41. The monoisotopic (exact) mass is 399 g/mol. The van der Waals surface area contributed by atoms with E-state index in [2.05, 4.69) is 27.4 Å². The van der Waals surface area contributed by atoms with E-state index in [1.807, 2.05) is 25.2 Å².